The summed E-state index contributed by atoms with van der Waals surface area (Å²) < 4.78 is 5.21. The standard InChI is InChI=1S/C22H28N4O3/c1-23-22(28)18-5-7-19(8-6-18)24-21(27)16-26-13-11-25(12-14-26)15-17-3-9-20(29-2)10-4-17/h3-10H,11-16H2,1-2H3,(H,23,28)(H,24,27)/p+2. The van der Waals surface area contributed by atoms with Crippen LogP contribution in [0.3, 0.4) is 0 Å². The maximum atomic E-state index is 12.4. The Morgan fingerprint density at radius 3 is 2.14 bits per heavy atom. The fraction of sp³-hybridized carbons (Fsp3) is 0.364. The number of hydrogen-bond donors (Lipinski definition) is 4. The summed E-state index contributed by atoms with van der Waals surface area (Å²) in [6.07, 6.45) is 0. The highest BCUT2D eigenvalue weighted by molar-refractivity contribution is 5.95. The van der Waals surface area contributed by atoms with E-state index in [1.54, 1.807) is 43.3 Å². The first-order valence-electron chi connectivity index (χ1n) is 9.99. The normalized spacial score (nSPS) is 18.7. The lowest BCUT2D eigenvalue weighted by Crippen LogP contribution is -3.28. The van der Waals surface area contributed by atoms with Gasteiger partial charge in [0.15, 0.2) is 6.54 Å². The number of methoxy groups -OCH3 is 1. The predicted molar refractivity (Wildman–Crippen MR) is 111 cm³/mol. The van der Waals surface area contributed by atoms with E-state index in [0.29, 0.717) is 17.8 Å². The molecule has 1 saturated heterocycles. The van der Waals surface area contributed by atoms with Crippen LogP contribution < -0.4 is 25.2 Å². The smallest absolute Gasteiger partial charge is 0.279 e. The van der Waals surface area contributed by atoms with E-state index in [9.17, 15) is 9.59 Å². The fourth-order valence-electron chi connectivity index (χ4n) is 3.62. The summed E-state index contributed by atoms with van der Waals surface area (Å²) in [4.78, 5) is 26.8. The van der Waals surface area contributed by atoms with Gasteiger partial charge >= 0.3 is 0 Å². The Bertz CT molecular complexity index is 813. The van der Waals surface area contributed by atoms with E-state index in [0.717, 1.165) is 38.5 Å². The zero-order chi connectivity index (χ0) is 20.6. The summed E-state index contributed by atoms with van der Waals surface area (Å²) in [7, 11) is 3.28. The Morgan fingerprint density at radius 1 is 0.931 bits per heavy atom. The lowest BCUT2D eigenvalue weighted by atomic mass is 10.2. The third-order valence-corrected chi connectivity index (χ3v) is 5.35. The van der Waals surface area contributed by atoms with Crippen molar-refractivity contribution >= 4 is 17.5 Å². The van der Waals surface area contributed by atoms with Crippen molar-refractivity contribution in [2.24, 2.45) is 0 Å². The molecule has 0 atom stereocenters. The third kappa shape index (κ3) is 6.04. The van der Waals surface area contributed by atoms with Gasteiger partial charge < -0.3 is 25.2 Å². The second-order valence-corrected chi connectivity index (χ2v) is 7.41. The van der Waals surface area contributed by atoms with Gasteiger partial charge in [-0.25, -0.2) is 0 Å². The van der Waals surface area contributed by atoms with Gasteiger partial charge in [0.25, 0.3) is 11.8 Å². The molecular weight excluding hydrogens is 368 g/mol. The second-order valence-electron chi connectivity index (χ2n) is 7.41. The molecule has 0 radical (unpaired) electrons. The van der Waals surface area contributed by atoms with Crippen LogP contribution >= 0.6 is 0 Å². The SMILES string of the molecule is CNC(=O)c1ccc(NC(=O)C[NH+]2CC[NH+](Cc3ccc(OC)cc3)CC2)cc1. The summed E-state index contributed by atoms with van der Waals surface area (Å²) >= 11 is 0. The molecular formula is C22H30N4O3+2. The Hall–Kier alpha value is -2.90. The van der Waals surface area contributed by atoms with Gasteiger partial charge in [-0.1, -0.05) is 0 Å². The third-order valence-electron chi connectivity index (χ3n) is 5.35. The monoisotopic (exact) mass is 398 g/mol. The van der Waals surface area contributed by atoms with Gasteiger partial charge in [-0.3, -0.25) is 9.59 Å². The molecule has 7 nitrogen and oxygen atoms in total. The van der Waals surface area contributed by atoms with E-state index >= 15 is 0 Å². The number of carbonyl (C=O) groups is 2. The molecule has 7 heteroatoms. The van der Waals surface area contributed by atoms with E-state index < -0.39 is 0 Å². The molecule has 29 heavy (non-hydrogen) atoms. The van der Waals surface area contributed by atoms with Gasteiger partial charge in [0.2, 0.25) is 0 Å². The summed E-state index contributed by atoms with van der Waals surface area (Å²) in [6.45, 7) is 5.53. The van der Waals surface area contributed by atoms with Crippen molar-refractivity contribution in [3.63, 3.8) is 0 Å². The quantitative estimate of drug-likeness (QED) is 0.482. The van der Waals surface area contributed by atoms with Crippen LogP contribution in [0.5, 0.6) is 5.75 Å². The van der Waals surface area contributed by atoms with Crippen molar-refractivity contribution in [1.29, 1.82) is 0 Å². The van der Waals surface area contributed by atoms with Crippen molar-refractivity contribution in [2.75, 3.05) is 52.2 Å². The lowest BCUT2D eigenvalue weighted by molar-refractivity contribution is -1.02. The highest BCUT2D eigenvalue weighted by atomic mass is 16.5. The second kappa shape index (κ2) is 10.0. The minimum absolute atomic E-state index is 0.00583. The molecule has 2 aromatic rings. The number of benzene rings is 2. The number of rotatable bonds is 7. The highest BCUT2D eigenvalue weighted by Crippen LogP contribution is 2.10. The molecule has 0 bridgehead atoms. The van der Waals surface area contributed by atoms with E-state index in [2.05, 4.69) is 22.8 Å². The molecule has 1 fully saturated rings. The first-order chi connectivity index (χ1) is 14.1. The number of anilines is 1. The van der Waals surface area contributed by atoms with Gasteiger partial charge in [0, 0.05) is 23.9 Å². The van der Waals surface area contributed by atoms with E-state index in [1.807, 2.05) is 12.1 Å². The number of hydrogen-bond acceptors (Lipinski definition) is 3. The molecule has 0 spiro atoms. The topological polar surface area (TPSA) is 76.3 Å². The van der Waals surface area contributed by atoms with Crippen LogP contribution in [0.1, 0.15) is 15.9 Å². The van der Waals surface area contributed by atoms with Crippen molar-refractivity contribution < 1.29 is 24.1 Å². The maximum Gasteiger partial charge on any atom is 0.279 e. The molecule has 0 aliphatic carbocycles. The van der Waals surface area contributed by atoms with Crippen LogP contribution in [0.15, 0.2) is 48.5 Å². The predicted octanol–water partition coefficient (Wildman–Crippen LogP) is -1.02. The molecule has 0 unspecified atom stereocenters. The van der Waals surface area contributed by atoms with Crippen molar-refractivity contribution in [2.45, 2.75) is 6.54 Å². The minimum atomic E-state index is -0.137. The molecule has 0 saturated carbocycles. The van der Waals surface area contributed by atoms with Gasteiger partial charge in [-0.15, -0.1) is 0 Å². The van der Waals surface area contributed by atoms with Crippen LogP contribution in [0.25, 0.3) is 0 Å². The Morgan fingerprint density at radius 2 is 1.55 bits per heavy atom. The number of ether oxygens (including phenoxy) is 1. The first kappa shape index (κ1) is 20.8. The number of carbonyl (C=O) groups excluding carboxylic acids is 2. The van der Waals surface area contributed by atoms with Gasteiger partial charge in [-0.2, -0.15) is 0 Å². The van der Waals surface area contributed by atoms with Crippen LogP contribution in [-0.4, -0.2) is 58.7 Å². The maximum absolute atomic E-state index is 12.4. The highest BCUT2D eigenvalue weighted by Gasteiger charge is 2.24. The fourth-order valence-corrected chi connectivity index (χ4v) is 3.62. The minimum Gasteiger partial charge on any atom is -0.497 e. The largest absolute Gasteiger partial charge is 0.497 e. The Labute approximate surface area is 171 Å². The first-order valence-corrected chi connectivity index (χ1v) is 9.99. The van der Waals surface area contributed by atoms with E-state index in [1.165, 1.54) is 10.5 Å². The van der Waals surface area contributed by atoms with Crippen LogP contribution in [0.2, 0.25) is 0 Å². The van der Waals surface area contributed by atoms with Crippen molar-refractivity contribution in [1.82, 2.24) is 5.32 Å². The summed E-state index contributed by atoms with van der Waals surface area (Å²) in [5.74, 6) is 0.751. The molecule has 1 aliphatic heterocycles. The average Bonchev–Trinajstić information content (AvgIpc) is 2.75. The van der Waals surface area contributed by atoms with Gasteiger partial charge in [0.05, 0.1) is 7.11 Å². The number of quaternary nitrogens is 2. The van der Waals surface area contributed by atoms with E-state index in [4.69, 9.17) is 4.74 Å². The zero-order valence-electron chi connectivity index (χ0n) is 17.1. The number of amides is 2. The average molecular weight is 399 g/mol. The summed E-state index contributed by atoms with van der Waals surface area (Å²) in [5, 5.41) is 5.51. The van der Waals surface area contributed by atoms with Crippen LogP contribution in [0.4, 0.5) is 5.69 Å². The molecule has 1 heterocycles. The Balaban J connectivity index is 1.41. The molecule has 2 amide bonds. The molecule has 2 aromatic carbocycles. The number of piperazine rings is 1. The number of nitrogens with one attached hydrogen (secondary N) is 4. The van der Waals surface area contributed by atoms with Crippen LogP contribution in [-0.2, 0) is 11.3 Å². The van der Waals surface area contributed by atoms with Gasteiger partial charge in [-0.05, 0) is 48.5 Å². The summed E-state index contributed by atoms with van der Waals surface area (Å²) in [5.41, 5.74) is 2.60. The Kier molecular flexibility index (Phi) is 7.21. The van der Waals surface area contributed by atoms with Crippen LogP contribution in [0, 0.1) is 0 Å². The molecule has 154 valence electrons. The molecule has 3 rings (SSSR count). The van der Waals surface area contributed by atoms with Gasteiger partial charge in [0.1, 0.15) is 38.5 Å². The molecule has 1 aliphatic rings. The van der Waals surface area contributed by atoms with Crippen molar-refractivity contribution in [3.8, 4) is 5.75 Å². The zero-order valence-corrected chi connectivity index (χ0v) is 17.1. The molecule has 0 aromatic heterocycles. The molecule has 4 N–H and O–H groups in total. The lowest BCUT2D eigenvalue weighted by Gasteiger charge is -2.29. The summed E-state index contributed by atoms with van der Waals surface area (Å²) in [6, 6.07) is 15.2. The van der Waals surface area contributed by atoms with E-state index in [-0.39, 0.29) is 11.8 Å². The van der Waals surface area contributed by atoms with Crippen molar-refractivity contribution in [3.05, 3.63) is 59.7 Å².